The molecule has 0 bridgehead atoms. The summed E-state index contributed by atoms with van der Waals surface area (Å²) in [5, 5.41) is 4.40. The average Bonchev–Trinajstić information content (AvgIpc) is 2.72. The highest BCUT2D eigenvalue weighted by molar-refractivity contribution is 6.36. The quantitative estimate of drug-likeness (QED) is 0.402. The van der Waals surface area contributed by atoms with E-state index in [2.05, 4.69) is 5.32 Å². The van der Waals surface area contributed by atoms with Crippen molar-refractivity contribution in [2.75, 3.05) is 13.2 Å². The van der Waals surface area contributed by atoms with Crippen LogP contribution >= 0.6 is 46.4 Å². The van der Waals surface area contributed by atoms with Crippen molar-refractivity contribution in [3.05, 3.63) is 62.1 Å². The van der Waals surface area contributed by atoms with Gasteiger partial charge in [-0.05, 0) is 43.7 Å². The average molecular weight is 506 g/mol. The summed E-state index contributed by atoms with van der Waals surface area (Å²) in [5.41, 5.74) is 0.553. The van der Waals surface area contributed by atoms with Crippen LogP contribution < -0.4 is 10.1 Å². The van der Waals surface area contributed by atoms with Crippen LogP contribution in [0.15, 0.2) is 36.4 Å². The fourth-order valence-corrected chi connectivity index (χ4v) is 3.77. The molecule has 0 aliphatic heterocycles. The first-order chi connectivity index (χ1) is 14.7. The highest BCUT2D eigenvalue weighted by Gasteiger charge is 2.27. The van der Waals surface area contributed by atoms with E-state index >= 15 is 0 Å². The Labute approximate surface area is 202 Å². The highest BCUT2D eigenvalue weighted by Crippen LogP contribution is 2.29. The van der Waals surface area contributed by atoms with Crippen LogP contribution in [-0.4, -0.2) is 35.9 Å². The number of amides is 2. The van der Waals surface area contributed by atoms with Gasteiger partial charge in [-0.3, -0.25) is 9.59 Å². The lowest BCUT2D eigenvalue weighted by Gasteiger charge is -2.29. The van der Waals surface area contributed by atoms with Crippen LogP contribution in [0, 0.1) is 0 Å². The molecule has 0 aromatic heterocycles. The van der Waals surface area contributed by atoms with Crippen molar-refractivity contribution in [1.29, 1.82) is 0 Å². The van der Waals surface area contributed by atoms with Crippen molar-refractivity contribution in [1.82, 2.24) is 10.2 Å². The molecule has 0 saturated carbocycles. The number of carbonyl (C=O) groups excluding carboxylic acids is 2. The van der Waals surface area contributed by atoms with E-state index in [-0.39, 0.29) is 24.1 Å². The maximum absolute atomic E-state index is 13.1. The highest BCUT2D eigenvalue weighted by atomic mass is 35.5. The summed E-state index contributed by atoms with van der Waals surface area (Å²) in [7, 11) is 0. The van der Waals surface area contributed by atoms with Crippen LogP contribution in [0.3, 0.4) is 0 Å². The molecule has 2 aromatic carbocycles. The van der Waals surface area contributed by atoms with E-state index in [0.29, 0.717) is 32.9 Å². The van der Waals surface area contributed by atoms with Crippen LogP contribution in [0.1, 0.15) is 32.3 Å². The number of halogens is 4. The molecule has 2 aromatic rings. The Kier molecular flexibility index (Phi) is 10.2. The fraction of sp³-hybridized carbons (Fsp3) is 0.364. The van der Waals surface area contributed by atoms with Gasteiger partial charge < -0.3 is 15.0 Å². The van der Waals surface area contributed by atoms with Crippen molar-refractivity contribution < 1.29 is 14.3 Å². The molecular formula is C22H24Cl4N2O3. The lowest BCUT2D eigenvalue weighted by molar-refractivity contribution is -0.142. The molecule has 2 amide bonds. The Morgan fingerprint density at radius 3 is 2.35 bits per heavy atom. The molecule has 9 heteroatoms. The van der Waals surface area contributed by atoms with Crippen molar-refractivity contribution >= 4 is 58.2 Å². The summed E-state index contributed by atoms with van der Waals surface area (Å²) in [4.78, 5) is 27.1. The maximum atomic E-state index is 13.1. The summed E-state index contributed by atoms with van der Waals surface area (Å²) in [6, 6.07) is 9.02. The van der Waals surface area contributed by atoms with E-state index in [4.69, 9.17) is 51.1 Å². The molecular weight excluding hydrogens is 482 g/mol. The van der Waals surface area contributed by atoms with Crippen LogP contribution in [0.5, 0.6) is 5.75 Å². The Balaban J connectivity index is 2.20. The standard InChI is InChI=1S/C22H24Cl4N2O3/c1-3-4-10-27-22(30)14(2)28(12-16-17(24)6-5-7-18(16)25)21(29)13-31-20-9-8-15(23)11-19(20)26/h5-9,11,14H,3-4,10,12-13H2,1-2H3,(H,27,30). The molecule has 31 heavy (non-hydrogen) atoms. The third-order valence-corrected chi connectivity index (χ3v) is 5.87. The molecule has 1 N–H and O–H groups in total. The van der Waals surface area contributed by atoms with Gasteiger partial charge in [0, 0.05) is 33.7 Å². The lowest BCUT2D eigenvalue weighted by atomic mass is 10.1. The fourth-order valence-electron chi connectivity index (χ4n) is 2.79. The van der Waals surface area contributed by atoms with Crippen LogP contribution in [-0.2, 0) is 16.1 Å². The second-order valence-corrected chi connectivity index (χ2v) is 8.56. The molecule has 0 spiro atoms. The molecule has 2 rings (SSSR count). The second-order valence-electron chi connectivity index (χ2n) is 6.91. The zero-order chi connectivity index (χ0) is 23.0. The first kappa shape index (κ1) is 25.6. The maximum Gasteiger partial charge on any atom is 0.261 e. The SMILES string of the molecule is CCCCNC(=O)C(C)N(Cc1c(Cl)cccc1Cl)C(=O)COc1ccc(Cl)cc1Cl. The number of nitrogens with one attached hydrogen (secondary N) is 1. The van der Waals surface area contributed by atoms with Crippen molar-refractivity contribution in [2.45, 2.75) is 39.3 Å². The predicted molar refractivity (Wildman–Crippen MR) is 126 cm³/mol. The first-order valence-corrected chi connectivity index (χ1v) is 11.3. The Bertz CT molecular complexity index is 903. The van der Waals surface area contributed by atoms with Gasteiger partial charge in [0.15, 0.2) is 6.61 Å². The number of carbonyl (C=O) groups is 2. The van der Waals surface area contributed by atoms with Gasteiger partial charge in [0.1, 0.15) is 11.8 Å². The van der Waals surface area contributed by atoms with E-state index < -0.39 is 11.9 Å². The van der Waals surface area contributed by atoms with E-state index in [1.54, 1.807) is 37.3 Å². The van der Waals surface area contributed by atoms with Gasteiger partial charge in [0.2, 0.25) is 5.91 Å². The largest absolute Gasteiger partial charge is 0.482 e. The summed E-state index contributed by atoms with van der Waals surface area (Å²) in [6.45, 7) is 3.95. The summed E-state index contributed by atoms with van der Waals surface area (Å²) >= 11 is 24.6. The van der Waals surface area contributed by atoms with E-state index in [9.17, 15) is 9.59 Å². The number of hydrogen-bond donors (Lipinski definition) is 1. The molecule has 0 saturated heterocycles. The van der Waals surface area contributed by atoms with Crippen molar-refractivity contribution in [3.8, 4) is 5.75 Å². The molecule has 0 radical (unpaired) electrons. The number of ether oxygens (including phenoxy) is 1. The zero-order valence-electron chi connectivity index (χ0n) is 17.3. The minimum absolute atomic E-state index is 0.0530. The second kappa shape index (κ2) is 12.4. The minimum Gasteiger partial charge on any atom is -0.482 e. The van der Waals surface area contributed by atoms with Crippen LogP contribution in [0.2, 0.25) is 20.1 Å². The molecule has 0 aliphatic carbocycles. The van der Waals surface area contributed by atoms with Gasteiger partial charge >= 0.3 is 0 Å². The minimum atomic E-state index is -0.763. The number of hydrogen-bond acceptors (Lipinski definition) is 3. The third-order valence-electron chi connectivity index (χ3n) is 4.63. The Hall–Kier alpha value is -1.66. The van der Waals surface area contributed by atoms with Gasteiger partial charge in [-0.1, -0.05) is 65.8 Å². The molecule has 1 atom stereocenters. The van der Waals surface area contributed by atoms with Gasteiger partial charge in [0.25, 0.3) is 5.91 Å². The molecule has 0 aliphatic rings. The normalized spacial score (nSPS) is 11.7. The van der Waals surface area contributed by atoms with Gasteiger partial charge in [-0.15, -0.1) is 0 Å². The summed E-state index contributed by atoms with van der Waals surface area (Å²) < 4.78 is 5.58. The number of rotatable bonds is 10. The third kappa shape index (κ3) is 7.46. The summed E-state index contributed by atoms with van der Waals surface area (Å²) in [5.74, 6) is -0.371. The summed E-state index contributed by atoms with van der Waals surface area (Å²) in [6.07, 6.45) is 1.79. The molecule has 0 heterocycles. The van der Waals surface area contributed by atoms with Crippen molar-refractivity contribution in [2.24, 2.45) is 0 Å². The number of nitrogens with zero attached hydrogens (tertiary/aromatic N) is 1. The van der Waals surface area contributed by atoms with E-state index in [1.165, 1.54) is 11.0 Å². The van der Waals surface area contributed by atoms with E-state index in [1.807, 2.05) is 6.92 Å². The van der Waals surface area contributed by atoms with Crippen LogP contribution in [0.25, 0.3) is 0 Å². The molecule has 0 fully saturated rings. The monoisotopic (exact) mass is 504 g/mol. The molecule has 1 unspecified atom stereocenters. The van der Waals surface area contributed by atoms with Gasteiger partial charge in [-0.25, -0.2) is 0 Å². The predicted octanol–water partition coefficient (Wildman–Crippen LogP) is 6.01. The van der Waals surface area contributed by atoms with E-state index in [0.717, 1.165) is 12.8 Å². The first-order valence-electron chi connectivity index (χ1n) is 9.82. The smallest absolute Gasteiger partial charge is 0.261 e. The Morgan fingerprint density at radius 1 is 1.06 bits per heavy atom. The van der Waals surface area contributed by atoms with Crippen molar-refractivity contribution in [3.63, 3.8) is 0 Å². The van der Waals surface area contributed by atoms with Gasteiger partial charge in [-0.2, -0.15) is 0 Å². The number of benzene rings is 2. The molecule has 168 valence electrons. The van der Waals surface area contributed by atoms with Crippen LogP contribution in [0.4, 0.5) is 0 Å². The lowest BCUT2D eigenvalue weighted by Crippen LogP contribution is -2.49. The number of unbranched alkanes of at least 4 members (excludes halogenated alkanes) is 1. The zero-order valence-corrected chi connectivity index (χ0v) is 20.3. The Morgan fingerprint density at radius 2 is 1.74 bits per heavy atom. The molecule has 5 nitrogen and oxygen atoms in total. The van der Waals surface area contributed by atoms with Gasteiger partial charge in [0.05, 0.1) is 5.02 Å². The topological polar surface area (TPSA) is 58.6 Å².